The first kappa shape index (κ1) is 28.3. The minimum atomic E-state index is 0.588. The minimum Gasteiger partial charge on any atom is -0.319 e. The van der Waals surface area contributed by atoms with Crippen LogP contribution in [0.2, 0.25) is 0 Å². The van der Waals surface area contributed by atoms with Crippen LogP contribution in [0.25, 0.3) is 87.3 Å². The Morgan fingerprint density at radius 1 is 0.469 bits per heavy atom. The lowest BCUT2D eigenvalue weighted by molar-refractivity contribution is 1.19. The van der Waals surface area contributed by atoms with Crippen LogP contribution in [0.5, 0.6) is 0 Å². The van der Waals surface area contributed by atoms with E-state index < -0.39 is 0 Å². The van der Waals surface area contributed by atoms with E-state index in [9.17, 15) is 5.26 Å². The van der Waals surface area contributed by atoms with Crippen LogP contribution in [-0.2, 0) is 0 Å². The number of hydrogen-bond donors (Lipinski definition) is 0. The Balaban J connectivity index is 1.22. The van der Waals surface area contributed by atoms with Gasteiger partial charge in [-0.15, -0.1) is 0 Å². The fourth-order valence-electron chi connectivity index (χ4n) is 7.54. The summed E-state index contributed by atoms with van der Waals surface area (Å²) < 4.78 is 2.16. The maximum absolute atomic E-state index is 9.60. The smallest absolute Gasteiger partial charge is 0.218 e. The molecule has 49 heavy (non-hydrogen) atoms. The van der Waals surface area contributed by atoms with E-state index in [1.54, 1.807) is 0 Å². The summed E-state index contributed by atoms with van der Waals surface area (Å²) in [6, 6.07) is 59.0. The molecule has 0 saturated carbocycles. The summed E-state index contributed by atoms with van der Waals surface area (Å²) in [5.74, 6) is 0. The van der Waals surface area contributed by atoms with Gasteiger partial charge in [0.05, 0.1) is 34.9 Å². The largest absolute Gasteiger partial charge is 0.319 e. The molecule has 0 saturated heterocycles. The normalized spacial score (nSPS) is 11.2. The summed E-state index contributed by atoms with van der Waals surface area (Å²) in [4.78, 5) is 4.13. The second-order valence-electron chi connectivity index (χ2n) is 12.3. The van der Waals surface area contributed by atoms with Gasteiger partial charge in [-0.25, -0.2) is 4.85 Å². The van der Waals surface area contributed by atoms with Crippen molar-refractivity contribution in [2.45, 2.75) is 0 Å². The van der Waals surface area contributed by atoms with E-state index in [-0.39, 0.29) is 0 Å². The van der Waals surface area contributed by atoms with Crippen molar-refractivity contribution in [3.05, 3.63) is 181 Å². The van der Waals surface area contributed by atoms with Crippen LogP contribution in [0.3, 0.4) is 0 Å². The van der Waals surface area contributed by atoms with Crippen LogP contribution >= 0.6 is 0 Å². The molecule has 9 rings (SSSR count). The maximum atomic E-state index is 9.60. The molecule has 8 aromatic carbocycles. The molecule has 0 amide bonds. The summed E-state index contributed by atoms with van der Waals surface area (Å²) in [6.07, 6.45) is 0. The lowest BCUT2D eigenvalue weighted by Gasteiger charge is -2.18. The SMILES string of the molecule is [C-]#[N+]c1c(-c2ccc(-c3c4ccccc4c(-c4ccccc4)c4ccccc34)cc2)cccc1-n1c2ccccc2c2cc(C#N)ccc21. The molecular formula is C46H27N3. The molecule has 0 fully saturated rings. The van der Waals surface area contributed by atoms with Crippen molar-refractivity contribution in [2.75, 3.05) is 0 Å². The van der Waals surface area contributed by atoms with E-state index >= 15 is 0 Å². The fourth-order valence-corrected chi connectivity index (χ4v) is 7.54. The van der Waals surface area contributed by atoms with Gasteiger partial charge in [0, 0.05) is 10.8 Å². The van der Waals surface area contributed by atoms with Crippen LogP contribution in [0.4, 0.5) is 5.69 Å². The van der Waals surface area contributed by atoms with Gasteiger partial charge in [-0.05, 0) is 85.3 Å². The van der Waals surface area contributed by atoms with E-state index in [2.05, 4.69) is 131 Å². The standard InChI is InChI=1S/C46H27N3/c1-48-46-34(19-11-21-43(46)49-41-20-10-9-14-35(41)40-28-30(29-47)22-27-42(40)49)31-23-25-33(26-24-31)45-38-17-7-5-15-36(38)44(32-12-3-2-4-13-32)37-16-6-8-18-39(37)45/h2-28H. The third-order valence-corrected chi connectivity index (χ3v) is 9.65. The molecule has 0 aliphatic heterocycles. The molecule has 0 aliphatic rings. The molecule has 1 heterocycles. The number of nitriles is 1. The van der Waals surface area contributed by atoms with Gasteiger partial charge in [-0.1, -0.05) is 133 Å². The lowest BCUT2D eigenvalue weighted by Crippen LogP contribution is -1.95. The molecule has 0 aliphatic carbocycles. The van der Waals surface area contributed by atoms with Gasteiger partial charge in [0.25, 0.3) is 0 Å². The Labute approximate surface area is 284 Å². The highest BCUT2D eigenvalue weighted by Crippen LogP contribution is 2.45. The highest BCUT2D eigenvalue weighted by molar-refractivity contribution is 6.21. The zero-order chi connectivity index (χ0) is 32.9. The minimum absolute atomic E-state index is 0.588. The molecule has 3 nitrogen and oxygen atoms in total. The van der Waals surface area contributed by atoms with Crippen molar-refractivity contribution >= 4 is 49.0 Å². The topological polar surface area (TPSA) is 33.1 Å². The lowest BCUT2D eigenvalue weighted by atomic mass is 9.85. The van der Waals surface area contributed by atoms with Crippen LogP contribution < -0.4 is 0 Å². The van der Waals surface area contributed by atoms with E-state index in [1.807, 2.05) is 48.5 Å². The summed E-state index contributed by atoms with van der Waals surface area (Å²) in [6.45, 7) is 8.37. The Kier molecular flexibility index (Phi) is 6.58. The van der Waals surface area contributed by atoms with E-state index in [4.69, 9.17) is 6.57 Å². The van der Waals surface area contributed by atoms with Crippen LogP contribution in [-0.4, -0.2) is 4.57 Å². The first-order valence-electron chi connectivity index (χ1n) is 16.3. The summed E-state index contributed by atoms with van der Waals surface area (Å²) in [7, 11) is 0. The molecule has 0 unspecified atom stereocenters. The van der Waals surface area contributed by atoms with Crippen molar-refractivity contribution in [2.24, 2.45) is 0 Å². The Hall–Kier alpha value is -6.94. The molecule has 9 aromatic rings. The van der Waals surface area contributed by atoms with Gasteiger partial charge in [0.1, 0.15) is 0 Å². The Morgan fingerprint density at radius 2 is 1.00 bits per heavy atom. The Bertz CT molecular complexity index is 2770. The van der Waals surface area contributed by atoms with E-state index in [1.165, 1.54) is 38.2 Å². The Morgan fingerprint density at radius 3 is 1.61 bits per heavy atom. The number of para-hydroxylation sites is 2. The highest BCUT2D eigenvalue weighted by atomic mass is 15.0. The number of aromatic nitrogens is 1. The highest BCUT2D eigenvalue weighted by Gasteiger charge is 2.19. The van der Waals surface area contributed by atoms with Gasteiger partial charge in [0.15, 0.2) is 0 Å². The van der Waals surface area contributed by atoms with Gasteiger partial charge in [-0.2, -0.15) is 5.26 Å². The third kappa shape index (κ3) is 4.42. The van der Waals surface area contributed by atoms with Crippen molar-refractivity contribution in [3.63, 3.8) is 0 Å². The molecule has 0 radical (unpaired) electrons. The first-order chi connectivity index (χ1) is 24.2. The number of nitrogens with zero attached hydrogens (tertiary/aromatic N) is 3. The van der Waals surface area contributed by atoms with Crippen molar-refractivity contribution < 1.29 is 0 Å². The number of rotatable bonds is 4. The molecule has 1 aromatic heterocycles. The molecule has 226 valence electrons. The first-order valence-corrected chi connectivity index (χ1v) is 16.3. The zero-order valence-corrected chi connectivity index (χ0v) is 26.4. The summed E-state index contributed by atoms with van der Waals surface area (Å²) >= 11 is 0. The second-order valence-corrected chi connectivity index (χ2v) is 12.3. The molecule has 0 atom stereocenters. The van der Waals surface area contributed by atoms with Crippen molar-refractivity contribution in [3.8, 4) is 45.1 Å². The van der Waals surface area contributed by atoms with Crippen LogP contribution in [0, 0.1) is 17.9 Å². The summed E-state index contributed by atoms with van der Waals surface area (Å²) in [5, 5.41) is 16.5. The van der Waals surface area contributed by atoms with Gasteiger partial charge in [-0.3, -0.25) is 0 Å². The summed E-state index contributed by atoms with van der Waals surface area (Å²) in [5.41, 5.74) is 10.7. The molecule has 0 bridgehead atoms. The fraction of sp³-hybridized carbons (Fsp3) is 0. The maximum Gasteiger partial charge on any atom is 0.218 e. The predicted molar refractivity (Wildman–Crippen MR) is 203 cm³/mol. The molecule has 0 spiro atoms. The monoisotopic (exact) mass is 621 g/mol. The van der Waals surface area contributed by atoms with Gasteiger partial charge in [0.2, 0.25) is 5.69 Å². The average Bonchev–Trinajstić information content (AvgIpc) is 3.50. The second kappa shape index (κ2) is 11.4. The van der Waals surface area contributed by atoms with Crippen LogP contribution in [0.15, 0.2) is 164 Å². The quantitative estimate of drug-likeness (QED) is 0.142. The van der Waals surface area contributed by atoms with Gasteiger partial charge < -0.3 is 4.57 Å². The molecule has 3 heteroatoms. The number of benzene rings is 8. The third-order valence-electron chi connectivity index (χ3n) is 9.65. The number of hydrogen-bond acceptors (Lipinski definition) is 1. The average molecular weight is 622 g/mol. The molecular weight excluding hydrogens is 595 g/mol. The van der Waals surface area contributed by atoms with E-state index in [0.29, 0.717) is 11.3 Å². The van der Waals surface area contributed by atoms with Crippen LogP contribution in [0.1, 0.15) is 5.56 Å². The van der Waals surface area contributed by atoms with Crippen molar-refractivity contribution in [1.82, 2.24) is 4.57 Å². The number of fused-ring (bicyclic) bond motifs is 5. The molecule has 0 N–H and O–H groups in total. The zero-order valence-electron chi connectivity index (χ0n) is 26.4. The van der Waals surface area contributed by atoms with Crippen molar-refractivity contribution in [1.29, 1.82) is 5.26 Å². The predicted octanol–water partition coefficient (Wildman–Crippen LogP) is 12.5. The van der Waals surface area contributed by atoms with E-state index in [0.717, 1.165) is 44.2 Å². The van der Waals surface area contributed by atoms with Gasteiger partial charge >= 0.3 is 0 Å².